The van der Waals surface area contributed by atoms with Crippen LogP contribution in [0.5, 0.6) is 17.2 Å². The van der Waals surface area contributed by atoms with E-state index in [9.17, 15) is 23.9 Å². The highest BCUT2D eigenvalue weighted by molar-refractivity contribution is 6.00. The Labute approximate surface area is 260 Å². The van der Waals surface area contributed by atoms with Crippen molar-refractivity contribution < 1.29 is 38.1 Å². The number of likely N-dealkylation sites (N-methyl/N-ethyl adjacent to an activating group) is 1. The first-order valence-electron chi connectivity index (χ1n) is 14.5. The molecule has 238 valence electrons. The molecule has 3 aromatic carbocycles. The van der Waals surface area contributed by atoms with Gasteiger partial charge in [0.15, 0.2) is 11.5 Å². The Morgan fingerprint density at radius 1 is 0.978 bits per heavy atom. The zero-order valence-electron chi connectivity index (χ0n) is 25.2. The van der Waals surface area contributed by atoms with Crippen LogP contribution in [0.4, 0.5) is 31.0 Å². The van der Waals surface area contributed by atoms with Gasteiger partial charge in [0.1, 0.15) is 17.7 Å². The standard InChI is InChI=1S/C32H36FN5O7/c1-19-15-38(20(2)17-39)30(40)13-21-12-24(34-31(41)35-25-9-11-27-28(14-25)44-18-43-27)8-10-26(21)45-29(19)16-37(3)32(42)36-23-6-4-22(33)5-7-23/h4-12,14,19-20,29,39H,13,15-18H2,1-3H3,(H,36,42)(H2,34,35,41)/t19-,20+,29+/m0/s1. The second-order valence-corrected chi connectivity index (χ2v) is 11.2. The number of urea groups is 2. The van der Waals surface area contributed by atoms with Crippen molar-refractivity contribution in [3.05, 3.63) is 72.0 Å². The Kier molecular flexibility index (Phi) is 9.57. The van der Waals surface area contributed by atoms with Crippen LogP contribution in [0, 0.1) is 11.7 Å². The molecule has 0 fully saturated rings. The van der Waals surface area contributed by atoms with Gasteiger partial charge in [0.2, 0.25) is 12.7 Å². The number of nitrogens with zero attached hydrogens (tertiary/aromatic N) is 2. The molecule has 5 rings (SSSR count). The van der Waals surface area contributed by atoms with Crippen molar-refractivity contribution in [3.63, 3.8) is 0 Å². The lowest BCUT2D eigenvalue weighted by Crippen LogP contribution is -2.48. The number of hydrogen-bond acceptors (Lipinski definition) is 7. The van der Waals surface area contributed by atoms with Crippen LogP contribution < -0.4 is 30.2 Å². The Bertz CT molecular complexity index is 1550. The van der Waals surface area contributed by atoms with E-state index in [1.807, 2.05) is 6.92 Å². The third-order valence-corrected chi connectivity index (χ3v) is 7.70. The Morgan fingerprint density at radius 2 is 1.62 bits per heavy atom. The number of halogens is 1. The van der Waals surface area contributed by atoms with E-state index >= 15 is 0 Å². The van der Waals surface area contributed by atoms with Gasteiger partial charge in [0, 0.05) is 48.2 Å². The van der Waals surface area contributed by atoms with Gasteiger partial charge < -0.3 is 45.1 Å². The van der Waals surface area contributed by atoms with Gasteiger partial charge in [-0.25, -0.2) is 14.0 Å². The molecular weight excluding hydrogens is 585 g/mol. The highest BCUT2D eigenvalue weighted by Crippen LogP contribution is 2.34. The average molecular weight is 622 g/mol. The minimum Gasteiger partial charge on any atom is -0.488 e. The third kappa shape index (κ3) is 7.73. The van der Waals surface area contributed by atoms with E-state index in [2.05, 4.69) is 16.0 Å². The van der Waals surface area contributed by atoms with Gasteiger partial charge in [-0.2, -0.15) is 0 Å². The number of fused-ring (bicyclic) bond motifs is 2. The summed E-state index contributed by atoms with van der Waals surface area (Å²) in [5, 5.41) is 18.2. The third-order valence-electron chi connectivity index (χ3n) is 7.70. The van der Waals surface area contributed by atoms with Gasteiger partial charge >= 0.3 is 12.1 Å². The molecule has 0 radical (unpaired) electrons. The fourth-order valence-corrected chi connectivity index (χ4v) is 5.10. The number of aliphatic hydroxyl groups excluding tert-OH is 1. The minimum absolute atomic E-state index is 0.0285. The highest BCUT2D eigenvalue weighted by Gasteiger charge is 2.32. The first kappa shape index (κ1) is 31.4. The smallest absolute Gasteiger partial charge is 0.323 e. The first-order chi connectivity index (χ1) is 21.6. The summed E-state index contributed by atoms with van der Waals surface area (Å²) < 4.78 is 30.4. The number of hydrogen-bond donors (Lipinski definition) is 4. The van der Waals surface area contributed by atoms with E-state index in [0.29, 0.717) is 39.9 Å². The van der Waals surface area contributed by atoms with Crippen LogP contribution in [0.15, 0.2) is 60.7 Å². The van der Waals surface area contributed by atoms with E-state index < -0.39 is 30.0 Å². The van der Waals surface area contributed by atoms with Crippen LogP contribution >= 0.6 is 0 Å². The maximum Gasteiger partial charge on any atom is 0.323 e. The lowest BCUT2D eigenvalue weighted by Gasteiger charge is -2.34. The largest absolute Gasteiger partial charge is 0.488 e. The lowest BCUT2D eigenvalue weighted by atomic mass is 10.0. The van der Waals surface area contributed by atoms with Crippen molar-refractivity contribution in [1.29, 1.82) is 0 Å². The summed E-state index contributed by atoms with van der Waals surface area (Å²) in [6.45, 7) is 4.03. The molecule has 0 spiro atoms. The molecule has 2 heterocycles. The monoisotopic (exact) mass is 621 g/mol. The number of rotatable bonds is 7. The second-order valence-electron chi connectivity index (χ2n) is 11.2. The van der Waals surface area contributed by atoms with E-state index in [4.69, 9.17) is 14.2 Å². The number of ether oxygens (including phenoxy) is 3. The number of amides is 5. The zero-order chi connectivity index (χ0) is 32.1. The fraction of sp³-hybridized carbons (Fsp3) is 0.344. The quantitative estimate of drug-likeness (QED) is 0.304. The maximum atomic E-state index is 13.5. The van der Waals surface area contributed by atoms with Gasteiger partial charge in [0.05, 0.1) is 25.6 Å². The number of benzene rings is 3. The molecule has 12 nitrogen and oxygen atoms in total. The highest BCUT2D eigenvalue weighted by atomic mass is 19.1. The van der Waals surface area contributed by atoms with Gasteiger partial charge in [-0.15, -0.1) is 0 Å². The predicted molar refractivity (Wildman–Crippen MR) is 165 cm³/mol. The summed E-state index contributed by atoms with van der Waals surface area (Å²) in [4.78, 5) is 42.3. The predicted octanol–water partition coefficient (Wildman–Crippen LogP) is 4.51. The molecule has 0 aromatic heterocycles. The molecule has 3 atom stereocenters. The molecule has 13 heteroatoms. The summed E-state index contributed by atoms with van der Waals surface area (Å²) in [5.41, 5.74) is 1.92. The molecule has 0 bridgehead atoms. The van der Waals surface area contributed by atoms with Crippen LogP contribution in [0.1, 0.15) is 19.4 Å². The van der Waals surface area contributed by atoms with Gasteiger partial charge in [-0.1, -0.05) is 6.92 Å². The van der Waals surface area contributed by atoms with Gasteiger partial charge in [0.25, 0.3) is 0 Å². The molecule has 2 aliphatic rings. The van der Waals surface area contributed by atoms with Crippen molar-refractivity contribution in [2.75, 3.05) is 49.5 Å². The maximum absolute atomic E-state index is 13.5. The van der Waals surface area contributed by atoms with Gasteiger partial charge in [-0.05, 0) is 61.5 Å². The van der Waals surface area contributed by atoms with Crippen LogP contribution in [-0.4, -0.2) is 78.6 Å². The van der Waals surface area contributed by atoms with E-state index in [-0.39, 0.29) is 44.7 Å². The first-order valence-corrected chi connectivity index (χ1v) is 14.5. The minimum atomic E-state index is -0.542. The number of anilines is 3. The van der Waals surface area contributed by atoms with Crippen LogP contribution in [0.3, 0.4) is 0 Å². The second kappa shape index (κ2) is 13.7. The zero-order valence-corrected chi connectivity index (χ0v) is 25.2. The summed E-state index contributed by atoms with van der Waals surface area (Å²) in [7, 11) is 1.62. The summed E-state index contributed by atoms with van der Waals surface area (Å²) >= 11 is 0. The molecule has 0 saturated carbocycles. The number of aliphatic hydroxyl groups is 1. The Hall–Kier alpha value is -5.04. The molecule has 0 unspecified atom stereocenters. The number of carbonyl (C=O) groups is 3. The SMILES string of the molecule is C[C@H](CO)N1C[C@H](C)[C@@H](CN(C)C(=O)Nc2ccc(F)cc2)Oc2ccc(NC(=O)Nc3ccc4c(c3)OCO4)cc2CC1=O. The van der Waals surface area contributed by atoms with E-state index in [1.54, 1.807) is 55.3 Å². The molecular formula is C32H36FN5O7. The molecule has 45 heavy (non-hydrogen) atoms. The average Bonchev–Trinajstić information content (AvgIpc) is 3.49. The number of nitrogens with one attached hydrogen (secondary N) is 3. The lowest BCUT2D eigenvalue weighted by molar-refractivity contribution is -0.134. The van der Waals surface area contributed by atoms with Crippen LogP contribution in [0.25, 0.3) is 0 Å². The summed E-state index contributed by atoms with van der Waals surface area (Å²) in [5.74, 6) is 0.712. The Morgan fingerprint density at radius 3 is 2.33 bits per heavy atom. The Balaban J connectivity index is 1.33. The molecule has 0 saturated heterocycles. The van der Waals surface area contributed by atoms with Crippen molar-refractivity contribution in [2.45, 2.75) is 32.4 Å². The summed E-state index contributed by atoms with van der Waals surface area (Å²) in [6.07, 6.45) is -0.570. The molecule has 3 aromatic rings. The molecule has 0 aliphatic carbocycles. The van der Waals surface area contributed by atoms with Crippen LogP contribution in [0.2, 0.25) is 0 Å². The fourth-order valence-electron chi connectivity index (χ4n) is 5.10. The molecule has 2 aliphatic heterocycles. The van der Waals surface area contributed by atoms with Crippen molar-refractivity contribution in [3.8, 4) is 17.2 Å². The number of carbonyl (C=O) groups excluding carboxylic acids is 3. The van der Waals surface area contributed by atoms with Crippen LogP contribution in [-0.2, 0) is 11.2 Å². The summed E-state index contributed by atoms with van der Waals surface area (Å²) in [6, 6.07) is 14.2. The molecule has 5 amide bonds. The topological polar surface area (TPSA) is 142 Å². The molecule has 4 N–H and O–H groups in total. The van der Waals surface area contributed by atoms with Gasteiger partial charge in [-0.3, -0.25) is 4.79 Å². The van der Waals surface area contributed by atoms with E-state index in [1.165, 1.54) is 29.2 Å². The van der Waals surface area contributed by atoms with Crippen molar-refractivity contribution in [1.82, 2.24) is 9.80 Å². The van der Waals surface area contributed by atoms with Crippen molar-refractivity contribution >= 4 is 35.0 Å². The van der Waals surface area contributed by atoms with Crippen molar-refractivity contribution in [2.24, 2.45) is 5.92 Å². The normalized spacial score (nSPS) is 18.0. The van der Waals surface area contributed by atoms with E-state index in [0.717, 1.165) is 0 Å².